The lowest BCUT2D eigenvalue weighted by molar-refractivity contribution is -0.104. The SMILES string of the molecule is CCCCC(C=Cc1ccc(Cl)cc1)=CC=O. The highest BCUT2D eigenvalue weighted by Crippen LogP contribution is 2.13. The molecule has 1 rings (SSSR count). The molecule has 90 valence electrons. The van der Waals surface area contributed by atoms with Crippen LogP contribution >= 0.6 is 11.6 Å². The van der Waals surface area contributed by atoms with Crippen molar-refractivity contribution >= 4 is 24.0 Å². The average Bonchev–Trinajstić information content (AvgIpc) is 2.35. The van der Waals surface area contributed by atoms with Gasteiger partial charge in [0.25, 0.3) is 0 Å². The quantitative estimate of drug-likeness (QED) is 0.406. The predicted octanol–water partition coefficient (Wildman–Crippen LogP) is 4.67. The largest absolute Gasteiger partial charge is 0.299 e. The van der Waals surface area contributed by atoms with E-state index in [1.54, 1.807) is 6.08 Å². The van der Waals surface area contributed by atoms with Gasteiger partial charge in [0.1, 0.15) is 6.29 Å². The second-order valence-corrected chi connectivity index (χ2v) is 4.30. The van der Waals surface area contributed by atoms with Gasteiger partial charge in [-0.25, -0.2) is 0 Å². The van der Waals surface area contributed by atoms with Crippen molar-refractivity contribution in [2.24, 2.45) is 0 Å². The van der Waals surface area contributed by atoms with Crippen LogP contribution in [0.2, 0.25) is 5.02 Å². The van der Waals surface area contributed by atoms with E-state index in [2.05, 4.69) is 6.92 Å². The summed E-state index contributed by atoms with van der Waals surface area (Å²) in [5.41, 5.74) is 2.15. The van der Waals surface area contributed by atoms with E-state index in [0.29, 0.717) is 0 Å². The highest BCUT2D eigenvalue weighted by Gasteiger charge is 1.93. The summed E-state index contributed by atoms with van der Waals surface area (Å²) in [6, 6.07) is 7.63. The van der Waals surface area contributed by atoms with Crippen molar-refractivity contribution in [1.29, 1.82) is 0 Å². The van der Waals surface area contributed by atoms with Crippen LogP contribution in [0.1, 0.15) is 31.7 Å². The maximum atomic E-state index is 10.5. The Morgan fingerprint density at radius 2 is 2.00 bits per heavy atom. The number of carbonyl (C=O) groups excluding carboxylic acids is 1. The third-order valence-corrected chi connectivity index (χ3v) is 2.71. The Morgan fingerprint density at radius 1 is 1.29 bits per heavy atom. The van der Waals surface area contributed by atoms with Crippen molar-refractivity contribution in [1.82, 2.24) is 0 Å². The zero-order valence-corrected chi connectivity index (χ0v) is 10.8. The van der Waals surface area contributed by atoms with Crippen LogP contribution in [0.15, 0.2) is 42.0 Å². The van der Waals surface area contributed by atoms with Gasteiger partial charge in [-0.15, -0.1) is 0 Å². The Balaban J connectivity index is 2.69. The van der Waals surface area contributed by atoms with Gasteiger partial charge < -0.3 is 0 Å². The molecular formula is C15H17ClO. The van der Waals surface area contributed by atoms with Gasteiger partial charge in [-0.05, 0) is 42.2 Å². The number of hydrogen-bond donors (Lipinski definition) is 0. The average molecular weight is 249 g/mol. The molecule has 1 nitrogen and oxygen atoms in total. The van der Waals surface area contributed by atoms with E-state index in [1.165, 1.54) is 0 Å². The molecule has 1 aromatic carbocycles. The summed E-state index contributed by atoms with van der Waals surface area (Å²) in [5, 5.41) is 0.733. The lowest BCUT2D eigenvalue weighted by Crippen LogP contribution is -1.81. The van der Waals surface area contributed by atoms with Gasteiger partial charge in [-0.1, -0.05) is 49.2 Å². The molecule has 0 fully saturated rings. The predicted molar refractivity (Wildman–Crippen MR) is 74.2 cm³/mol. The van der Waals surface area contributed by atoms with E-state index in [0.717, 1.165) is 41.7 Å². The van der Waals surface area contributed by atoms with Crippen LogP contribution in [0.3, 0.4) is 0 Å². The Kier molecular flexibility index (Phi) is 6.34. The zero-order chi connectivity index (χ0) is 12.5. The number of rotatable bonds is 6. The minimum Gasteiger partial charge on any atom is -0.299 e. The molecule has 17 heavy (non-hydrogen) atoms. The topological polar surface area (TPSA) is 17.1 Å². The van der Waals surface area contributed by atoms with Crippen LogP contribution in [0.4, 0.5) is 0 Å². The summed E-state index contributed by atoms with van der Waals surface area (Å²) in [4.78, 5) is 10.5. The normalized spacial score (nSPS) is 12.0. The van der Waals surface area contributed by atoms with Crippen molar-refractivity contribution in [2.45, 2.75) is 26.2 Å². The van der Waals surface area contributed by atoms with Gasteiger partial charge in [0.2, 0.25) is 0 Å². The molecule has 0 amide bonds. The number of unbranched alkanes of at least 4 members (excludes halogenated alkanes) is 1. The molecule has 0 bridgehead atoms. The van der Waals surface area contributed by atoms with Crippen LogP contribution in [0.5, 0.6) is 0 Å². The minimum atomic E-state index is 0.733. The summed E-state index contributed by atoms with van der Waals surface area (Å²) in [5.74, 6) is 0. The first-order valence-corrected chi connectivity index (χ1v) is 6.22. The molecule has 0 atom stereocenters. The monoisotopic (exact) mass is 248 g/mol. The Hall–Kier alpha value is -1.34. The Morgan fingerprint density at radius 3 is 2.59 bits per heavy atom. The molecule has 1 aromatic rings. The van der Waals surface area contributed by atoms with E-state index in [-0.39, 0.29) is 0 Å². The minimum absolute atomic E-state index is 0.733. The van der Waals surface area contributed by atoms with E-state index in [4.69, 9.17) is 11.6 Å². The van der Waals surface area contributed by atoms with Gasteiger partial charge in [0.05, 0.1) is 0 Å². The van der Waals surface area contributed by atoms with Crippen molar-refractivity contribution in [3.63, 3.8) is 0 Å². The number of aldehydes is 1. The van der Waals surface area contributed by atoms with Gasteiger partial charge in [-0.2, -0.15) is 0 Å². The molecule has 0 aromatic heterocycles. The van der Waals surface area contributed by atoms with Crippen LogP contribution in [0.25, 0.3) is 6.08 Å². The van der Waals surface area contributed by atoms with Crippen LogP contribution in [-0.4, -0.2) is 6.29 Å². The van der Waals surface area contributed by atoms with Crippen molar-refractivity contribution in [2.75, 3.05) is 0 Å². The smallest absolute Gasteiger partial charge is 0.143 e. The molecule has 0 aliphatic rings. The fourth-order valence-electron chi connectivity index (χ4n) is 1.47. The third kappa shape index (κ3) is 5.50. The van der Waals surface area contributed by atoms with Crippen molar-refractivity contribution in [3.05, 3.63) is 52.6 Å². The highest BCUT2D eigenvalue weighted by molar-refractivity contribution is 6.30. The summed E-state index contributed by atoms with van der Waals surface area (Å²) < 4.78 is 0. The van der Waals surface area contributed by atoms with Crippen LogP contribution in [0, 0.1) is 0 Å². The van der Waals surface area contributed by atoms with Gasteiger partial charge in [-0.3, -0.25) is 4.79 Å². The lowest BCUT2D eigenvalue weighted by Gasteiger charge is -1.99. The molecule has 2 heteroatoms. The second kappa shape index (κ2) is 7.86. The number of halogens is 1. The number of hydrogen-bond acceptors (Lipinski definition) is 1. The van der Waals surface area contributed by atoms with Crippen molar-refractivity contribution < 1.29 is 4.79 Å². The van der Waals surface area contributed by atoms with Gasteiger partial charge >= 0.3 is 0 Å². The summed E-state index contributed by atoms with van der Waals surface area (Å²) in [7, 11) is 0. The number of benzene rings is 1. The zero-order valence-electron chi connectivity index (χ0n) is 10.0. The van der Waals surface area contributed by atoms with Gasteiger partial charge in [0, 0.05) is 5.02 Å². The molecule has 0 radical (unpaired) electrons. The molecule has 0 aliphatic carbocycles. The van der Waals surface area contributed by atoms with Crippen LogP contribution in [-0.2, 0) is 4.79 Å². The van der Waals surface area contributed by atoms with E-state index in [1.807, 2.05) is 36.4 Å². The molecule has 0 saturated heterocycles. The maximum absolute atomic E-state index is 10.5. The molecule has 0 aliphatic heterocycles. The Labute approximate surface area is 108 Å². The molecule has 0 unspecified atom stereocenters. The Bertz CT molecular complexity index is 401. The summed E-state index contributed by atoms with van der Waals surface area (Å²) >= 11 is 5.81. The molecule has 0 heterocycles. The fourth-order valence-corrected chi connectivity index (χ4v) is 1.59. The van der Waals surface area contributed by atoms with E-state index < -0.39 is 0 Å². The fraction of sp³-hybridized carbons (Fsp3) is 0.267. The maximum Gasteiger partial charge on any atom is 0.143 e. The summed E-state index contributed by atoms with van der Waals surface area (Å²) in [6.45, 7) is 2.14. The lowest BCUT2D eigenvalue weighted by atomic mass is 10.1. The molecule has 0 spiro atoms. The van der Waals surface area contributed by atoms with E-state index >= 15 is 0 Å². The van der Waals surface area contributed by atoms with Gasteiger partial charge in [0.15, 0.2) is 0 Å². The second-order valence-electron chi connectivity index (χ2n) is 3.87. The van der Waals surface area contributed by atoms with Crippen LogP contribution < -0.4 is 0 Å². The first kappa shape index (κ1) is 13.7. The molecular weight excluding hydrogens is 232 g/mol. The summed E-state index contributed by atoms with van der Waals surface area (Å²) in [6.07, 6.45) is 9.64. The first-order valence-electron chi connectivity index (χ1n) is 5.84. The van der Waals surface area contributed by atoms with Crippen molar-refractivity contribution in [3.8, 4) is 0 Å². The van der Waals surface area contributed by atoms with E-state index in [9.17, 15) is 4.79 Å². The highest BCUT2D eigenvalue weighted by atomic mass is 35.5. The number of carbonyl (C=O) groups is 1. The standard InChI is InChI=1S/C15H17ClO/c1-2-3-4-13(11-12-17)5-6-14-7-9-15(16)10-8-14/h5-12H,2-4H2,1H3. The number of allylic oxidation sites excluding steroid dienone is 3. The molecule has 0 N–H and O–H groups in total. The molecule has 0 saturated carbocycles. The first-order chi connectivity index (χ1) is 8.26. The third-order valence-electron chi connectivity index (χ3n) is 2.46.